The number of hydrogen-bond acceptors (Lipinski definition) is 4. The molecule has 2 unspecified atom stereocenters. The van der Waals surface area contributed by atoms with Gasteiger partial charge in [0.2, 0.25) is 5.78 Å². The molecule has 2 aromatic rings. The molecule has 1 aliphatic rings. The Hall–Kier alpha value is -3.06. The van der Waals surface area contributed by atoms with Crippen LogP contribution < -0.4 is 14.6 Å². The van der Waals surface area contributed by atoms with Crippen molar-refractivity contribution >= 4 is 17.5 Å². The molecular weight excluding hydrogens is 370 g/mol. The van der Waals surface area contributed by atoms with Gasteiger partial charge in [-0.1, -0.05) is 12.1 Å². The topological polar surface area (TPSA) is 82.3 Å². The summed E-state index contributed by atoms with van der Waals surface area (Å²) in [6, 6.07) is 9.71. The number of pyridine rings is 1. The molecule has 1 aromatic heterocycles. The fourth-order valence-corrected chi connectivity index (χ4v) is 3.76. The van der Waals surface area contributed by atoms with Gasteiger partial charge in [-0.05, 0) is 17.7 Å². The number of amides is 1. The van der Waals surface area contributed by atoms with Crippen LogP contribution in [0, 0.1) is 5.92 Å². The van der Waals surface area contributed by atoms with Gasteiger partial charge in [0.25, 0.3) is 5.91 Å². The second kappa shape index (κ2) is 8.96. The first-order valence-electron chi connectivity index (χ1n) is 9.72. The Kier molecular flexibility index (Phi) is 6.39. The van der Waals surface area contributed by atoms with Crippen LogP contribution in [0.15, 0.2) is 48.8 Å². The predicted octanol–water partition coefficient (Wildman–Crippen LogP) is -0.00460. The number of nitrogens with zero attached hydrogens (tertiary/aromatic N) is 1. The van der Waals surface area contributed by atoms with Gasteiger partial charge in [0, 0.05) is 30.7 Å². The molecule has 2 atom stereocenters. The van der Waals surface area contributed by atoms with Gasteiger partial charge in [0.1, 0.15) is 11.7 Å². The van der Waals surface area contributed by atoms with Crippen LogP contribution in [0.1, 0.15) is 28.4 Å². The third-order valence-electron chi connectivity index (χ3n) is 5.20. The van der Waals surface area contributed by atoms with Crippen molar-refractivity contribution in [1.82, 2.24) is 4.90 Å². The van der Waals surface area contributed by atoms with Crippen molar-refractivity contribution in [2.24, 2.45) is 5.92 Å². The highest BCUT2D eigenvalue weighted by molar-refractivity contribution is 6.44. The minimum Gasteiger partial charge on any atom is -0.497 e. The third kappa shape index (κ3) is 4.35. The first-order chi connectivity index (χ1) is 13.9. The lowest BCUT2D eigenvalue weighted by Gasteiger charge is -2.27. The van der Waals surface area contributed by atoms with Crippen molar-refractivity contribution in [2.45, 2.75) is 12.5 Å². The van der Waals surface area contributed by atoms with E-state index in [2.05, 4.69) is 4.98 Å². The molecule has 1 aromatic carbocycles. The normalized spacial score (nSPS) is 19.1. The summed E-state index contributed by atoms with van der Waals surface area (Å²) in [6.45, 7) is 1.29. The number of nitrogens with one attached hydrogen (secondary N) is 2. The number of hydrogen-bond donors (Lipinski definition) is 1. The zero-order valence-corrected chi connectivity index (χ0v) is 17.0. The van der Waals surface area contributed by atoms with Gasteiger partial charge in [-0.15, -0.1) is 0 Å². The Morgan fingerprint density at radius 3 is 2.55 bits per heavy atom. The Balaban J connectivity index is 1.97. The Morgan fingerprint density at radius 1 is 1.17 bits per heavy atom. The largest absolute Gasteiger partial charge is 0.497 e. The summed E-state index contributed by atoms with van der Waals surface area (Å²) >= 11 is 0. The molecule has 7 nitrogen and oxygen atoms in total. The van der Waals surface area contributed by atoms with E-state index in [1.807, 2.05) is 26.2 Å². The van der Waals surface area contributed by atoms with Gasteiger partial charge in [-0.3, -0.25) is 14.4 Å². The third-order valence-corrected chi connectivity index (χ3v) is 5.20. The molecule has 1 saturated heterocycles. The molecule has 3 rings (SSSR count). The van der Waals surface area contributed by atoms with Crippen LogP contribution in [-0.2, 0) is 9.59 Å². The molecule has 0 saturated carbocycles. The maximum atomic E-state index is 13.3. The molecule has 152 valence electrons. The summed E-state index contributed by atoms with van der Waals surface area (Å²) in [5.41, 5.74) is 1.13. The van der Waals surface area contributed by atoms with Gasteiger partial charge >= 0.3 is 0 Å². The lowest BCUT2D eigenvalue weighted by Crippen LogP contribution is -3.05. The van der Waals surface area contributed by atoms with Crippen molar-refractivity contribution in [3.05, 3.63) is 59.9 Å². The highest BCUT2D eigenvalue weighted by atomic mass is 16.5. The van der Waals surface area contributed by atoms with Crippen molar-refractivity contribution in [3.63, 3.8) is 0 Å². The van der Waals surface area contributed by atoms with Gasteiger partial charge in [-0.25, -0.2) is 4.98 Å². The predicted molar refractivity (Wildman–Crippen MR) is 106 cm³/mol. The van der Waals surface area contributed by atoms with Crippen molar-refractivity contribution in [1.29, 1.82) is 0 Å². The maximum absolute atomic E-state index is 13.3. The van der Waals surface area contributed by atoms with Crippen molar-refractivity contribution in [3.8, 4) is 5.75 Å². The first kappa shape index (κ1) is 20.7. The summed E-state index contributed by atoms with van der Waals surface area (Å²) in [6.07, 6.45) is 4.21. The molecule has 29 heavy (non-hydrogen) atoms. The quantitative estimate of drug-likeness (QED) is 0.386. The highest BCUT2D eigenvalue weighted by Crippen LogP contribution is 2.38. The molecule has 0 bridgehead atoms. The lowest BCUT2D eigenvalue weighted by atomic mass is 9.86. The van der Waals surface area contributed by atoms with E-state index in [4.69, 9.17) is 4.74 Å². The van der Waals surface area contributed by atoms with E-state index in [9.17, 15) is 14.4 Å². The summed E-state index contributed by atoms with van der Waals surface area (Å²) in [7, 11) is 5.60. The van der Waals surface area contributed by atoms with Crippen LogP contribution in [0.2, 0.25) is 0 Å². The number of rotatable bonds is 8. The molecule has 0 aliphatic carbocycles. The van der Waals surface area contributed by atoms with Gasteiger partial charge in [-0.2, -0.15) is 0 Å². The number of H-pyrrole nitrogens is 1. The molecular formula is C22H27N3O4+2. The minimum absolute atomic E-state index is 0.360. The van der Waals surface area contributed by atoms with E-state index in [1.165, 1.54) is 12.0 Å². The van der Waals surface area contributed by atoms with Crippen molar-refractivity contribution < 1.29 is 29.0 Å². The fraction of sp³-hybridized carbons (Fsp3) is 0.364. The summed E-state index contributed by atoms with van der Waals surface area (Å²) in [5.74, 6) is -2.13. The second-order valence-electron chi connectivity index (χ2n) is 7.53. The number of benzene rings is 1. The standard InChI is InChI=1S/C22H25N3O4/c1-24(2)12-5-13-25-19(15-8-10-23-11-9-15)18(21(27)22(25)28)20(26)16-6-4-7-17(14-16)29-3/h4,6-11,14,18-19H,5,12-13H2,1-3H3/p+2. The van der Waals surface area contributed by atoms with Crippen LogP contribution in [0.3, 0.4) is 0 Å². The Bertz CT molecular complexity index is 898. The summed E-state index contributed by atoms with van der Waals surface area (Å²) in [4.78, 5) is 44.8. The van der Waals surface area contributed by atoms with Crippen LogP contribution in [0.25, 0.3) is 0 Å². The van der Waals surface area contributed by atoms with E-state index in [1.54, 1.807) is 41.6 Å². The average Bonchev–Trinajstić information content (AvgIpc) is 2.98. The Labute approximate surface area is 170 Å². The number of ether oxygens (including phenoxy) is 1. The van der Waals surface area contributed by atoms with Gasteiger partial charge in [0.15, 0.2) is 18.2 Å². The molecule has 1 amide bonds. The number of ketones is 2. The molecule has 1 aliphatic heterocycles. The number of aromatic amines is 1. The molecule has 1 fully saturated rings. The highest BCUT2D eigenvalue weighted by Gasteiger charge is 2.51. The number of carbonyl (C=O) groups excluding carboxylic acids is 3. The maximum Gasteiger partial charge on any atom is 0.291 e. The molecule has 0 radical (unpaired) electrons. The number of carbonyl (C=O) groups is 3. The zero-order valence-electron chi connectivity index (χ0n) is 17.0. The molecule has 0 spiro atoms. The van der Waals surface area contributed by atoms with E-state index in [0.29, 0.717) is 17.9 Å². The van der Waals surface area contributed by atoms with E-state index in [-0.39, 0.29) is 5.78 Å². The number of methoxy groups -OCH3 is 1. The molecule has 7 heteroatoms. The van der Waals surface area contributed by atoms with Crippen LogP contribution in [-0.4, -0.2) is 56.7 Å². The van der Waals surface area contributed by atoms with Crippen LogP contribution in [0.4, 0.5) is 0 Å². The SMILES string of the molecule is COc1cccc(C(=O)C2C(=O)C(=O)N(CCC[NH+](C)C)C2c2cc[nH+]cc2)c1. The number of quaternary nitrogens is 1. The number of Topliss-reactive ketones (excluding diaryl/α,β-unsaturated/α-hetero) is 2. The number of likely N-dealkylation sites (tertiary alicyclic amines) is 1. The molecule has 2 heterocycles. The van der Waals surface area contributed by atoms with Crippen LogP contribution in [0.5, 0.6) is 5.75 Å². The summed E-state index contributed by atoms with van der Waals surface area (Å²) in [5, 5.41) is 0. The molecule has 2 N–H and O–H groups in total. The Morgan fingerprint density at radius 2 is 1.90 bits per heavy atom. The average molecular weight is 397 g/mol. The van der Waals surface area contributed by atoms with E-state index < -0.39 is 23.7 Å². The van der Waals surface area contributed by atoms with Crippen LogP contribution >= 0.6 is 0 Å². The van der Waals surface area contributed by atoms with E-state index >= 15 is 0 Å². The minimum atomic E-state index is -1.07. The van der Waals surface area contributed by atoms with Gasteiger partial charge in [0.05, 0.1) is 33.8 Å². The monoisotopic (exact) mass is 397 g/mol. The second-order valence-corrected chi connectivity index (χ2v) is 7.53. The first-order valence-corrected chi connectivity index (χ1v) is 9.72. The van der Waals surface area contributed by atoms with Gasteiger partial charge < -0.3 is 14.5 Å². The zero-order chi connectivity index (χ0) is 21.0. The fourth-order valence-electron chi connectivity index (χ4n) is 3.76. The smallest absolute Gasteiger partial charge is 0.291 e. The van der Waals surface area contributed by atoms with Crippen molar-refractivity contribution in [2.75, 3.05) is 34.3 Å². The lowest BCUT2D eigenvalue weighted by molar-refractivity contribution is -0.858. The summed E-state index contributed by atoms with van der Waals surface area (Å²) < 4.78 is 5.20. The van der Waals surface area contributed by atoms with E-state index in [0.717, 1.165) is 18.5 Å². The number of aromatic nitrogens is 1.